The minimum absolute atomic E-state index is 0.0728. The van der Waals surface area contributed by atoms with Gasteiger partial charge in [0.15, 0.2) is 10.7 Å². The molecule has 0 atom stereocenters. The molecule has 2 aromatic heterocycles. The Labute approximate surface area is 117 Å². The lowest BCUT2D eigenvalue weighted by molar-refractivity contribution is -0.137. The third kappa shape index (κ3) is 1.94. The molecule has 0 unspecified atom stereocenters. The number of carbonyl (C=O) groups is 1. The van der Waals surface area contributed by atoms with Gasteiger partial charge < -0.3 is 10.1 Å². The van der Waals surface area contributed by atoms with Crippen molar-refractivity contribution in [3.63, 3.8) is 0 Å². The fraction of sp³-hybridized carbons (Fsp3) is 0.154. The van der Waals surface area contributed by atoms with Gasteiger partial charge in [0.1, 0.15) is 5.82 Å². The van der Waals surface area contributed by atoms with Crippen LogP contribution in [0.5, 0.6) is 0 Å². The van der Waals surface area contributed by atoms with Crippen LogP contribution in [0.3, 0.4) is 0 Å². The number of aromatic amines is 1. The Kier molecular flexibility index (Phi) is 2.94. The van der Waals surface area contributed by atoms with Crippen molar-refractivity contribution in [2.75, 3.05) is 0 Å². The number of benzene rings is 1. The summed E-state index contributed by atoms with van der Waals surface area (Å²) in [5, 5.41) is 8.86. The molecule has 1 aromatic carbocycles. The normalized spacial score (nSPS) is 11.2. The second kappa shape index (κ2) is 4.64. The summed E-state index contributed by atoms with van der Waals surface area (Å²) < 4.78 is 1.62. The van der Waals surface area contributed by atoms with Gasteiger partial charge >= 0.3 is 5.97 Å². The molecule has 0 aliphatic rings. The highest BCUT2D eigenvalue weighted by Gasteiger charge is 2.16. The van der Waals surface area contributed by atoms with E-state index in [1.165, 1.54) is 0 Å². The zero-order valence-electron chi connectivity index (χ0n) is 10.3. The first kappa shape index (κ1) is 12.7. The standard InChI is InChI=1S/C13H10ClN3O3/c14-12-11-13(20)15-7-3-1-2-4-8(7)17(11)9(16-12)5-6-10(18)19/h1-4H,5-6H2,(H,15,20)(H,18,19). The minimum Gasteiger partial charge on any atom is -0.481 e. The first-order valence-corrected chi connectivity index (χ1v) is 6.35. The number of carboxylic acid groups (broad SMARTS) is 1. The highest BCUT2D eigenvalue weighted by molar-refractivity contribution is 6.32. The molecular weight excluding hydrogens is 282 g/mol. The number of carboxylic acids is 1. The van der Waals surface area contributed by atoms with Crippen molar-refractivity contribution >= 4 is 34.1 Å². The summed E-state index contributed by atoms with van der Waals surface area (Å²) in [4.78, 5) is 29.6. The third-order valence-electron chi connectivity index (χ3n) is 3.08. The van der Waals surface area contributed by atoms with Crippen molar-refractivity contribution in [3.8, 4) is 0 Å². The second-order valence-corrected chi connectivity index (χ2v) is 4.73. The quantitative estimate of drug-likeness (QED) is 0.771. The lowest BCUT2D eigenvalue weighted by Gasteiger charge is -2.04. The molecule has 0 bridgehead atoms. The summed E-state index contributed by atoms with van der Waals surface area (Å²) in [5.74, 6) is -0.457. The first-order chi connectivity index (χ1) is 9.58. The fourth-order valence-electron chi connectivity index (χ4n) is 2.23. The zero-order chi connectivity index (χ0) is 14.3. The van der Waals surface area contributed by atoms with Gasteiger partial charge in [-0.1, -0.05) is 23.7 Å². The van der Waals surface area contributed by atoms with Crippen molar-refractivity contribution in [2.24, 2.45) is 0 Å². The Bertz CT molecular complexity index is 882. The summed E-state index contributed by atoms with van der Waals surface area (Å²) in [6.45, 7) is 0. The van der Waals surface area contributed by atoms with Crippen molar-refractivity contribution in [3.05, 3.63) is 45.6 Å². The number of fused-ring (bicyclic) bond motifs is 3. The summed E-state index contributed by atoms with van der Waals surface area (Å²) in [7, 11) is 0. The summed E-state index contributed by atoms with van der Waals surface area (Å²) in [6, 6.07) is 7.22. The number of aryl methyl sites for hydroxylation is 1. The van der Waals surface area contributed by atoms with Crippen LogP contribution in [0.15, 0.2) is 29.1 Å². The van der Waals surface area contributed by atoms with E-state index >= 15 is 0 Å². The summed E-state index contributed by atoms with van der Waals surface area (Å²) >= 11 is 6.00. The van der Waals surface area contributed by atoms with Crippen LogP contribution in [-0.4, -0.2) is 25.4 Å². The Morgan fingerprint density at radius 2 is 2.15 bits per heavy atom. The molecule has 20 heavy (non-hydrogen) atoms. The van der Waals surface area contributed by atoms with Crippen LogP contribution in [0.25, 0.3) is 16.6 Å². The van der Waals surface area contributed by atoms with E-state index < -0.39 is 5.97 Å². The van der Waals surface area contributed by atoms with Gasteiger partial charge in [-0.2, -0.15) is 0 Å². The number of nitrogens with zero attached hydrogens (tertiary/aromatic N) is 2. The molecule has 3 aromatic rings. The lowest BCUT2D eigenvalue weighted by atomic mass is 10.2. The Morgan fingerprint density at radius 1 is 1.40 bits per heavy atom. The highest BCUT2D eigenvalue weighted by Crippen LogP contribution is 2.21. The maximum atomic E-state index is 12.0. The SMILES string of the molecule is O=C(O)CCc1nc(Cl)c2c(=O)[nH]c3ccccc3n12. The first-order valence-electron chi connectivity index (χ1n) is 5.97. The van der Waals surface area contributed by atoms with E-state index in [1.807, 2.05) is 12.1 Å². The average Bonchev–Trinajstić information content (AvgIpc) is 2.74. The van der Waals surface area contributed by atoms with Crippen molar-refractivity contribution in [2.45, 2.75) is 12.8 Å². The summed E-state index contributed by atoms with van der Waals surface area (Å²) in [5.41, 5.74) is 1.28. The van der Waals surface area contributed by atoms with E-state index in [4.69, 9.17) is 16.7 Å². The van der Waals surface area contributed by atoms with Crippen molar-refractivity contribution in [1.82, 2.24) is 14.4 Å². The van der Waals surface area contributed by atoms with Crippen LogP contribution in [0, 0.1) is 0 Å². The molecule has 2 N–H and O–H groups in total. The Balaban J connectivity index is 2.36. The molecule has 0 spiro atoms. The van der Waals surface area contributed by atoms with E-state index in [0.717, 1.165) is 5.52 Å². The van der Waals surface area contributed by atoms with E-state index in [2.05, 4.69) is 9.97 Å². The van der Waals surface area contributed by atoms with E-state index in [9.17, 15) is 9.59 Å². The van der Waals surface area contributed by atoms with Crippen LogP contribution in [0.1, 0.15) is 12.2 Å². The minimum atomic E-state index is -0.924. The molecule has 0 aliphatic carbocycles. The molecule has 0 saturated heterocycles. The Hall–Kier alpha value is -2.34. The monoisotopic (exact) mass is 291 g/mol. The van der Waals surface area contributed by atoms with Gasteiger partial charge in [0.05, 0.1) is 17.5 Å². The van der Waals surface area contributed by atoms with E-state index in [1.54, 1.807) is 16.5 Å². The fourth-order valence-corrected chi connectivity index (χ4v) is 2.50. The number of imidazole rings is 1. The maximum Gasteiger partial charge on any atom is 0.303 e. The predicted molar refractivity (Wildman–Crippen MR) is 74.3 cm³/mol. The van der Waals surface area contributed by atoms with Gasteiger partial charge in [0.25, 0.3) is 5.56 Å². The van der Waals surface area contributed by atoms with E-state index in [0.29, 0.717) is 11.3 Å². The molecule has 0 radical (unpaired) electrons. The molecule has 0 saturated carbocycles. The number of hydrogen-bond acceptors (Lipinski definition) is 3. The van der Waals surface area contributed by atoms with E-state index in [-0.39, 0.29) is 29.1 Å². The van der Waals surface area contributed by atoms with Crippen LogP contribution in [0.4, 0.5) is 0 Å². The summed E-state index contributed by atoms with van der Waals surface area (Å²) in [6.07, 6.45) is 0.132. The van der Waals surface area contributed by atoms with Gasteiger partial charge in [-0.25, -0.2) is 4.98 Å². The molecule has 2 heterocycles. The topological polar surface area (TPSA) is 87.5 Å². The average molecular weight is 292 g/mol. The number of H-pyrrole nitrogens is 1. The van der Waals surface area contributed by atoms with Gasteiger partial charge in [0, 0.05) is 6.42 Å². The van der Waals surface area contributed by atoms with Gasteiger partial charge in [-0.15, -0.1) is 0 Å². The van der Waals surface area contributed by atoms with Crippen LogP contribution in [-0.2, 0) is 11.2 Å². The number of para-hydroxylation sites is 2. The molecular formula is C13H10ClN3O3. The maximum absolute atomic E-state index is 12.0. The number of aliphatic carboxylic acids is 1. The molecule has 3 rings (SSSR count). The van der Waals surface area contributed by atoms with Gasteiger partial charge in [0.2, 0.25) is 0 Å². The van der Waals surface area contributed by atoms with Gasteiger partial charge in [-0.05, 0) is 12.1 Å². The lowest BCUT2D eigenvalue weighted by Crippen LogP contribution is -2.11. The third-order valence-corrected chi connectivity index (χ3v) is 3.34. The number of nitrogens with one attached hydrogen (secondary N) is 1. The van der Waals surface area contributed by atoms with Crippen molar-refractivity contribution in [1.29, 1.82) is 0 Å². The van der Waals surface area contributed by atoms with Crippen LogP contribution >= 0.6 is 11.6 Å². The highest BCUT2D eigenvalue weighted by atomic mass is 35.5. The molecule has 102 valence electrons. The largest absolute Gasteiger partial charge is 0.481 e. The van der Waals surface area contributed by atoms with Gasteiger partial charge in [-0.3, -0.25) is 14.0 Å². The van der Waals surface area contributed by atoms with Crippen LogP contribution in [0.2, 0.25) is 5.15 Å². The van der Waals surface area contributed by atoms with Crippen molar-refractivity contribution < 1.29 is 9.90 Å². The molecule has 0 fully saturated rings. The predicted octanol–water partition coefficient (Wildman–Crippen LogP) is 1.85. The Morgan fingerprint density at radius 3 is 2.90 bits per heavy atom. The number of aromatic nitrogens is 3. The smallest absolute Gasteiger partial charge is 0.303 e. The molecule has 0 aliphatic heterocycles. The molecule has 6 nitrogen and oxygen atoms in total. The number of rotatable bonds is 3. The molecule has 7 heteroatoms. The second-order valence-electron chi connectivity index (χ2n) is 4.37. The number of halogens is 1. The zero-order valence-corrected chi connectivity index (χ0v) is 11.0. The number of hydrogen-bond donors (Lipinski definition) is 2. The molecule has 0 amide bonds. The van der Waals surface area contributed by atoms with Crippen LogP contribution < -0.4 is 5.56 Å².